The summed E-state index contributed by atoms with van der Waals surface area (Å²) in [5.41, 5.74) is 1.15. The molecule has 0 unspecified atom stereocenters. The van der Waals surface area contributed by atoms with Crippen LogP contribution in [0.5, 0.6) is 0 Å². The van der Waals surface area contributed by atoms with E-state index in [0.29, 0.717) is 10.7 Å². The molecule has 0 amide bonds. The molecule has 0 aliphatic carbocycles. The van der Waals surface area contributed by atoms with Gasteiger partial charge in [0.05, 0.1) is 12.2 Å². The van der Waals surface area contributed by atoms with E-state index >= 15 is 0 Å². The minimum atomic E-state index is -1.27. The van der Waals surface area contributed by atoms with Gasteiger partial charge in [-0.25, -0.2) is 9.48 Å². The van der Waals surface area contributed by atoms with Crippen LogP contribution in [0.1, 0.15) is 15.9 Å². The number of carboxylic acids is 1. The summed E-state index contributed by atoms with van der Waals surface area (Å²) >= 11 is 7.48. The van der Waals surface area contributed by atoms with Crippen LogP contribution in [0.4, 0.5) is 0 Å². The van der Waals surface area contributed by atoms with Crippen LogP contribution in [-0.2, 0) is 6.54 Å². The predicted octanol–water partition coefficient (Wildman–Crippen LogP) is 4.70. The van der Waals surface area contributed by atoms with Gasteiger partial charge in [-0.2, -0.15) is 5.10 Å². The number of allylic oxidation sites excluding steroid dienone is 1. The number of aromatic nitrogens is 2. The van der Waals surface area contributed by atoms with Crippen molar-refractivity contribution >= 4 is 35.4 Å². The molecule has 2 aromatic carbocycles. The van der Waals surface area contributed by atoms with E-state index in [2.05, 4.69) is 5.10 Å². The minimum Gasteiger partial charge on any atom is -0.477 e. The number of hydrogen-bond donors (Lipinski definition) is 1. The van der Waals surface area contributed by atoms with Crippen LogP contribution in [0, 0.1) is 0 Å². The Hall–Kier alpha value is -2.83. The number of hydrogen-bond acceptors (Lipinski definition) is 4. The predicted molar refractivity (Wildman–Crippen MR) is 113 cm³/mol. The van der Waals surface area contributed by atoms with E-state index in [1.165, 1.54) is 6.07 Å². The smallest absolute Gasteiger partial charge is 0.341 e. The molecule has 142 valence electrons. The number of halogens is 1. The lowest BCUT2D eigenvalue weighted by Crippen LogP contribution is -2.28. The molecule has 1 heterocycles. The van der Waals surface area contributed by atoms with Crippen molar-refractivity contribution < 1.29 is 9.90 Å². The van der Waals surface area contributed by atoms with E-state index in [1.54, 1.807) is 30.0 Å². The second-order valence-corrected chi connectivity index (χ2v) is 7.23. The van der Waals surface area contributed by atoms with Gasteiger partial charge in [0.25, 0.3) is 5.56 Å². The molecule has 0 fully saturated rings. The number of benzene rings is 2. The number of carboxylic acid groups (broad SMARTS) is 1. The maximum Gasteiger partial charge on any atom is 0.341 e. The first-order chi connectivity index (χ1) is 13.5. The first kappa shape index (κ1) is 19.9. The van der Waals surface area contributed by atoms with Gasteiger partial charge in [-0.05, 0) is 42.2 Å². The number of carbonyl (C=O) groups is 1. The molecule has 1 aromatic heterocycles. The number of rotatable bonds is 6. The first-order valence-electron chi connectivity index (χ1n) is 8.40. The van der Waals surface area contributed by atoms with Crippen LogP contribution < -0.4 is 5.56 Å². The van der Waals surface area contributed by atoms with E-state index in [4.69, 9.17) is 11.6 Å². The van der Waals surface area contributed by atoms with E-state index in [9.17, 15) is 14.7 Å². The maximum atomic E-state index is 12.4. The van der Waals surface area contributed by atoms with Crippen LogP contribution >= 0.6 is 23.4 Å². The Morgan fingerprint density at radius 1 is 1.18 bits per heavy atom. The molecule has 0 aliphatic heterocycles. The van der Waals surface area contributed by atoms with Crippen LogP contribution in [0.25, 0.3) is 17.3 Å². The highest BCUT2D eigenvalue weighted by atomic mass is 35.5. The van der Waals surface area contributed by atoms with Crippen LogP contribution in [0.3, 0.4) is 0 Å². The standard InChI is InChI=1S/C21H17ClN2O3S/c1-28-17-10-6-15(7-11-17)19-13-18(21(26)27)20(25)24(23-19)12-2-3-14-4-8-16(22)9-5-14/h2-11,13H,12H2,1H3,(H,26,27)/b3-2+. The molecule has 0 spiro atoms. The van der Waals surface area contributed by atoms with Crippen LogP contribution in [-0.4, -0.2) is 27.1 Å². The average molecular weight is 413 g/mol. The van der Waals surface area contributed by atoms with E-state index < -0.39 is 11.5 Å². The molecule has 28 heavy (non-hydrogen) atoms. The Balaban J connectivity index is 1.94. The molecule has 0 saturated carbocycles. The Morgan fingerprint density at radius 3 is 2.46 bits per heavy atom. The fourth-order valence-corrected chi connectivity index (χ4v) is 3.12. The SMILES string of the molecule is CSc1ccc(-c2cc(C(=O)O)c(=O)n(C/C=C/c3ccc(Cl)cc3)n2)cc1. The summed E-state index contributed by atoms with van der Waals surface area (Å²) in [6.07, 6.45) is 5.55. The van der Waals surface area contributed by atoms with Gasteiger partial charge >= 0.3 is 5.97 Å². The lowest BCUT2D eigenvalue weighted by molar-refractivity contribution is 0.0694. The second kappa shape index (κ2) is 8.91. The van der Waals surface area contributed by atoms with Crippen molar-refractivity contribution in [2.45, 2.75) is 11.4 Å². The molecular weight excluding hydrogens is 396 g/mol. The molecule has 3 rings (SSSR count). The van der Waals surface area contributed by atoms with Gasteiger partial charge in [0, 0.05) is 15.5 Å². The van der Waals surface area contributed by atoms with Gasteiger partial charge in [0.2, 0.25) is 0 Å². The normalized spacial score (nSPS) is 11.1. The van der Waals surface area contributed by atoms with Gasteiger partial charge in [-0.3, -0.25) is 4.79 Å². The highest BCUT2D eigenvalue weighted by molar-refractivity contribution is 7.98. The van der Waals surface area contributed by atoms with Crippen molar-refractivity contribution in [2.75, 3.05) is 6.26 Å². The summed E-state index contributed by atoms with van der Waals surface area (Å²) in [5.74, 6) is -1.27. The monoisotopic (exact) mass is 412 g/mol. The second-order valence-electron chi connectivity index (χ2n) is 5.92. The highest BCUT2D eigenvalue weighted by Gasteiger charge is 2.15. The quantitative estimate of drug-likeness (QED) is 0.594. The van der Waals surface area contributed by atoms with Crippen molar-refractivity contribution in [3.63, 3.8) is 0 Å². The summed E-state index contributed by atoms with van der Waals surface area (Å²) < 4.78 is 1.16. The number of thioether (sulfide) groups is 1. The largest absolute Gasteiger partial charge is 0.477 e. The van der Waals surface area contributed by atoms with Crippen molar-refractivity contribution in [1.29, 1.82) is 0 Å². The summed E-state index contributed by atoms with van der Waals surface area (Å²) in [7, 11) is 0. The van der Waals surface area contributed by atoms with Gasteiger partial charge < -0.3 is 5.11 Å². The zero-order chi connectivity index (χ0) is 20.1. The Kier molecular flexibility index (Phi) is 6.34. The molecule has 0 bridgehead atoms. The van der Waals surface area contributed by atoms with Crippen molar-refractivity contribution in [2.24, 2.45) is 0 Å². The molecule has 0 saturated heterocycles. The van der Waals surface area contributed by atoms with Gasteiger partial charge in [0.1, 0.15) is 5.56 Å². The van der Waals surface area contributed by atoms with Crippen LogP contribution in [0.2, 0.25) is 5.02 Å². The van der Waals surface area contributed by atoms with Gasteiger partial charge in [-0.15, -0.1) is 11.8 Å². The fourth-order valence-electron chi connectivity index (χ4n) is 2.58. The minimum absolute atomic E-state index is 0.151. The third kappa shape index (κ3) is 4.71. The summed E-state index contributed by atoms with van der Waals surface area (Å²) in [5, 5.41) is 14.4. The molecule has 7 heteroatoms. The number of nitrogens with zero attached hydrogens (tertiary/aromatic N) is 2. The molecular formula is C21H17ClN2O3S. The molecule has 1 N–H and O–H groups in total. The molecule has 0 aliphatic rings. The molecule has 0 radical (unpaired) electrons. The van der Waals surface area contributed by atoms with E-state index in [-0.39, 0.29) is 12.1 Å². The van der Waals surface area contributed by atoms with Crippen molar-refractivity contribution in [1.82, 2.24) is 9.78 Å². The molecule has 3 aromatic rings. The Bertz CT molecular complexity index is 1070. The fraction of sp³-hybridized carbons (Fsp3) is 0.0952. The zero-order valence-corrected chi connectivity index (χ0v) is 16.6. The number of aromatic carboxylic acids is 1. The average Bonchev–Trinajstić information content (AvgIpc) is 2.70. The van der Waals surface area contributed by atoms with Crippen LogP contribution in [0.15, 0.2) is 70.4 Å². The summed E-state index contributed by atoms with van der Waals surface area (Å²) in [6.45, 7) is 0.151. The highest BCUT2D eigenvalue weighted by Crippen LogP contribution is 2.21. The van der Waals surface area contributed by atoms with E-state index in [1.807, 2.05) is 48.7 Å². The summed E-state index contributed by atoms with van der Waals surface area (Å²) in [6, 6.07) is 16.1. The first-order valence-corrected chi connectivity index (χ1v) is 10.00. The zero-order valence-electron chi connectivity index (χ0n) is 15.0. The third-order valence-corrected chi connectivity index (χ3v) is 5.04. The van der Waals surface area contributed by atoms with E-state index in [0.717, 1.165) is 20.7 Å². The molecule has 0 atom stereocenters. The van der Waals surface area contributed by atoms with Crippen molar-refractivity contribution in [3.8, 4) is 11.3 Å². The Labute approximate surface area is 171 Å². The topological polar surface area (TPSA) is 72.2 Å². The van der Waals surface area contributed by atoms with Gasteiger partial charge in [-0.1, -0.05) is 48.0 Å². The molecule has 5 nitrogen and oxygen atoms in total. The lowest BCUT2D eigenvalue weighted by atomic mass is 10.1. The summed E-state index contributed by atoms with van der Waals surface area (Å²) in [4.78, 5) is 25.0. The van der Waals surface area contributed by atoms with Crippen molar-refractivity contribution in [3.05, 3.63) is 87.2 Å². The maximum absolute atomic E-state index is 12.4. The third-order valence-electron chi connectivity index (χ3n) is 4.05. The Morgan fingerprint density at radius 2 is 1.86 bits per heavy atom. The van der Waals surface area contributed by atoms with Gasteiger partial charge in [0.15, 0.2) is 0 Å². The lowest BCUT2D eigenvalue weighted by Gasteiger charge is -2.08.